The van der Waals surface area contributed by atoms with Crippen LogP contribution in [-0.2, 0) is 9.59 Å². The van der Waals surface area contributed by atoms with E-state index < -0.39 is 5.91 Å². The lowest BCUT2D eigenvalue weighted by Crippen LogP contribution is -2.20. The minimum Gasteiger partial charge on any atom is -0.493 e. The zero-order chi connectivity index (χ0) is 19.6. The van der Waals surface area contributed by atoms with E-state index >= 15 is 0 Å². The molecule has 0 fully saturated rings. The second-order valence-corrected chi connectivity index (χ2v) is 6.40. The molecule has 6 heteroatoms. The third kappa shape index (κ3) is 7.40. The Kier molecular flexibility index (Phi) is 7.67. The standard InChI is InChI=1S/C21H26N2O4/c1-15-6-7-16(2)19(13-15)26-12-4-3-5-21(25)23-17-8-10-18(11-9-17)27-14-20(22)24/h6-11,13H,3-5,12,14H2,1-2H3,(H2,22,24)(H,23,25). The van der Waals surface area contributed by atoms with Gasteiger partial charge in [0.2, 0.25) is 5.91 Å². The normalized spacial score (nSPS) is 10.3. The van der Waals surface area contributed by atoms with Gasteiger partial charge in [0.1, 0.15) is 11.5 Å². The Morgan fingerprint density at radius 3 is 2.44 bits per heavy atom. The molecule has 0 aliphatic carbocycles. The first-order chi connectivity index (χ1) is 12.9. The number of hydrogen-bond acceptors (Lipinski definition) is 4. The molecule has 6 nitrogen and oxygen atoms in total. The predicted octanol–water partition coefficient (Wildman–Crippen LogP) is 3.36. The number of primary amides is 1. The molecule has 0 bridgehead atoms. The monoisotopic (exact) mass is 370 g/mol. The Labute approximate surface area is 159 Å². The van der Waals surface area contributed by atoms with Crippen LogP contribution in [0.4, 0.5) is 5.69 Å². The highest BCUT2D eigenvalue weighted by Gasteiger charge is 2.04. The Bertz CT molecular complexity index is 772. The van der Waals surface area contributed by atoms with Gasteiger partial charge in [0, 0.05) is 12.1 Å². The first-order valence-electron chi connectivity index (χ1n) is 8.95. The van der Waals surface area contributed by atoms with E-state index in [0.29, 0.717) is 24.5 Å². The summed E-state index contributed by atoms with van der Waals surface area (Å²) in [5.41, 5.74) is 7.98. The summed E-state index contributed by atoms with van der Waals surface area (Å²) in [5, 5.41) is 2.83. The Balaban J connectivity index is 1.66. The number of carbonyl (C=O) groups is 2. The molecule has 2 rings (SSSR count). The van der Waals surface area contributed by atoms with Crippen LogP contribution < -0.4 is 20.5 Å². The molecule has 144 valence electrons. The van der Waals surface area contributed by atoms with Crippen molar-refractivity contribution in [2.45, 2.75) is 33.1 Å². The second kappa shape index (κ2) is 10.2. The van der Waals surface area contributed by atoms with Crippen LogP contribution in [0.2, 0.25) is 0 Å². The van der Waals surface area contributed by atoms with Crippen LogP contribution in [0.1, 0.15) is 30.4 Å². The summed E-state index contributed by atoms with van der Waals surface area (Å²) < 4.78 is 11.0. The molecule has 2 amide bonds. The Morgan fingerprint density at radius 1 is 1.00 bits per heavy atom. The highest BCUT2D eigenvalue weighted by atomic mass is 16.5. The summed E-state index contributed by atoms with van der Waals surface area (Å²) in [4.78, 5) is 22.7. The molecule has 0 atom stereocenters. The van der Waals surface area contributed by atoms with Crippen LogP contribution in [-0.4, -0.2) is 25.0 Å². The minimum atomic E-state index is -0.533. The van der Waals surface area contributed by atoms with Gasteiger partial charge in [-0.1, -0.05) is 12.1 Å². The Morgan fingerprint density at radius 2 is 1.74 bits per heavy atom. The third-order valence-electron chi connectivity index (χ3n) is 3.92. The van der Waals surface area contributed by atoms with Crippen molar-refractivity contribution in [2.75, 3.05) is 18.5 Å². The van der Waals surface area contributed by atoms with Crippen molar-refractivity contribution >= 4 is 17.5 Å². The number of hydrogen-bond donors (Lipinski definition) is 2. The number of amides is 2. The van der Waals surface area contributed by atoms with Gasteiger partial charge in [-0.05, 0) is 68.1 Å². The molecular weight excluding hydrogens is 344 g/mol. The number of nitrogens with two attached hydrogens (primary N) is 1. The Hall–Kier alpha value is -3.02. The number of nitrogens with one attached hydrogen (secondary N) is 1. The molecule has 0 aliphatic rings. The molecule has 27 heavy (non-hydrogen) atoms. The van der Waals surface area contributed by atoms with E-state index in [1.807, 2.05) is 26.0 Å². The van der Waals surface area contributed by atoms with Crippen molar-refractivity contribution < 1.29 is 19.1 Å². The van der Waals surface area contributed by atoms with E-state index in [1.165, 1.54) is 5.56 Å². The fourth-order valence-corrected chi connectivity index (χ4v) is 2.45. The maximum Gasteiger partial charge on any atom is 0.255 e. The lowest BCUT2D eigenvalue weighted by Gasteiger charge is -2.10. The molecular formula is C21H26N2O4. The van der Waals surface area contributed by atoms with E-state index in [1.54, 1.807) is 24.3 Å². The van der Waals surface area contributed by atoms with Crippen molar-refractivity contribution in [3.63, 3.8) is 0 Å². The van der Waals surface area contributed by atoms with Crippen LogP contribution in [0.15, 0.2) is 42.5 Å². The van der Waals surface area contributed by atoms with E-state index in [9.17, 15) is 9.59 Å². The summed E-state index contributed by atoms with van der Waals surface area (Å²) in [5.74, 6) is 0.843. The van der Waals surface area contributed by atoms with Crippen molar-refractivity contribution in [1.82, 2.24) is 0 Å². The molecule has 0 saturated heterocycles. The maximum atomic E-state index is 12.0. The number of rotatable bonds is 10. The average molecular weight is 370 g/mol. The number of benzene rings is 2. The molecule has 0 aliphatic heterocycles. The molecule has 0 heterocycles. The van der Waals surface area contributed by atoms with Gasteiger partial charge in [0.15, 0.2) is 6.61 Å². The van der Waals surface area contributed by atoms with Crippen LogP contribution in [0, 0.1) is 13.8 Å². The summed E-state index contributed by atoms with van der Waals surface area (Å²) >= 11 is 0. The van der Waals surface area contributed by atoms with E-state index in [2.05, 4.69) is 11.4 Å². The second-order valence-electron chi connectivity index (χ2n) is 6.40. The summed E-state index contributed by atoms with van der Waals surface area (Å²) in [7, 11) is 0. The fourth-order valence-electron chi connectivity index (χ4n) is 2.45. The van der Waals surface area contributed by atoms with Gasteiger partial charge in [-0.2, -0.15) is 0 Å². The minimum absolute atomic E-state index is 0.0486. The van der Waals surface area contributed by atoms with Crippen LogP contribution in [0.25, 0.3) is 0 Å². The lowest BCUT2D eigenvalue weighted by atomic mass is 10.1. The van der Waals surface area contributed by atoms with Crippen molar-refractivity contribution in [1.29, 1.82) is 0 Å². The van der Waals surface area contributed by atoms with Gasteiger partial charge >= 0.3 is 0 Å². The van der Waals surface area contributed by atoms with E-state index in [-0.39, 0.29) is 12.5 Å². The summed E-state index contributed by atoms with van der Waals surface area (Å²) in [6.45, 7) is 4.47. The number of unbranched alkanes of at least 4 members (excludes halogenated alkanes) is 1. The largest absolute Gasteiger partial charge is 0.493 e. The van der Waals surface area contributed by atoms with Crippen LogP contribution >= 0.6 is 0 Å². The molecule has 0 saturated carbocycles. The highest BCUT2D eigenvalue weighted by Crippen LogP contribution is 2.19. The SMILES string of the molecule is Cc1ccc(C)c(OCCCCC(=O)Nc2ccc(OCC(N)=O)cc2)c1. The van der Waals surface area contributed by atoms with Crippen LogP contribution in [0.3, 0.4) is 0 Å². The maximum absolute atomic E-state index is 12.0. The molecule has 2 aromatic rings. The van der Waals surface area contributed by atoms with Gasteiger partial charge in [-0.3, -0.25) is 9.59 Å². The highest BCUT2D eigenvalue weighted by molar-refractivity contribution is 5.90. The quantitative estimate of drug-likeness (QED) is 0.628. The van der Waals surface area contributed by atoms with Crippen molar-refractivity contribution in [2.24, 2.45) is 5.73 Å². The lowest BCUT2D eigenvalue weighted by molar-refractivity contribution is -0.120. The average Bonchev–Trinajstić information content (AvgIpc) is 2.63. The third-order valence-corrected chi connectivity index (χ3v) is 3.92. The zero-order valence-corrected chi connectivity index (χ0v) is 15.8. The fraction of sp³-hybridized carbons (Fsp3) is 0.333. The summed E-state index contributed by atoms with van der Waals surface area (Å²) in [6.07, 6.45) is 1.98. The number of carbonyl (C=O) groups excluding carboxylic acids is 2. The van der Waals surface area contributed by atoms with Crippen LogP contribution in [0.5, 0.6) is 11.5 Å². The molecule has 0 spiro atoms. The summed E-state index contributed by atoms with van der Waals surface area (Å²) in [6, 6.07) is 12.9. The smallest absolute Gasteiger partial charge is 0.255 e. The van der Waals surface area contributed by atoms with Gasteiger partial charge in [-0.25, -0.2) is 0 Å². The number of anilines is 1. The van der Waals surface area contributed by atoms with Gasteiger partial charge in [-0.15, -0.1) is 0 Å². The first-order valence-corrected chi connectivity index (χ1v) is 8.95. The molecule has 0 unspecified atom stereocenters. The number of ether oxygens (including phenoxy) is 2. The van der Waals surface area contributed by atoms with Gasteiger partial charge in [0.05, 0.1) is 6.61 Å². The molecule has 2 aromatic carbocycles. The van der Waals surface area contributed by atoms with E-state index in [4.69, 9.17) is 15.2 Å². The van der Waals surface area contributed by atoms with E-state index in [0.717, 1.165) is 24.2 Å². The topological polar surface area (TPSA) is 90.7 Å². The predicted molar refractivity (Wildman–Crippen MR) is 105 cm³/mol. The first kappa shape index (κ1) is 20.3. The van der Waals surface area contributed by atoms with Crippen molar-refractivity contribution in [3.8, 4) is 11.5 Å². The van der Waals surface area contributed by atoms with Crippen molar-refractivity contribution in [3.05, 3.63) is 53.6 Å². The molecule has 3 N–H and O–H groups in total. The zero-order valence-electron chi connectivity index (χ0n) is 15.8. The number of aryl methyl sites for hydroxylation is 2. The molecule has 0 aromatic heterocycles. The van der Waals surface area contributed by atoms with Gasteiger partial charge < -0.3 is 20.5 Å². The van der Waals surface area contributed by atoms with Gasteiger partial charge in [0.25, 0.3) is 5.91 Å². The molecule has 0 radical (unpaired) electrons.